The first kappa shape index (κ1) is 15.1. The minimum atomic E-state index is 0.377. The largest absolute Gasteiger partial charge is 0.342 e. The van der Waals surface area contributed by atoms with Gasteiger partial charge in [-0.05, 0) is 69.1 Å². The molecule has 21 heavy (non-hydrogen) atoms. The number of hydrogen-bond acceptors (Lipinski definition) is 1. The van der Waals surface area contributed by atoms with Crippen LogP contribution in [0.4, 0.5) is 0 Å². The van der Waals surface area contributed by atoms with Gasteiger partial charge in [-0.3, -0.25) is 4.79 Å². The highest BCUT2D eigenvalue weighted by molar-refractivity contribution is 5.81. The second kappa shape index (κ2) is 5.78. The van der Waals surface area contributed by atoms with E-state index in [2.05, 4.69) is 31.7 Å². The third-order valence-corrected chi connectivity index (χ3v) is 6.20. The molecule has 0 spiro atoms. The average molecular weight is 289 g/mol. The molecular formula is C19H31NO. The first-order chi connectivity index (χ1) is 10.0. The van der Waals surface area contributed by atoms with Crippen molar-refractivity contribution in [1.82, 2.24) is 4.90 Å². The molecule has 0 aromatic rings. The predicted molar refractivity (Wildman–Crippen MR) is 86.9 cm³/mol. The van der Waals surface area contributed by atoms with Gasteiger partial charge in [0, 0.05) is 19.0 Å². The molecule has 3 rings (SSSR count). The normalized spacial score (nSPS) is 35.3. The Kier molecular flexibility index (Phi) is 4.16. The second-order valence-corrected chi connectivity index (χ2v) is 7.99. The van der Waals surface area contributed by atoms with Crippen LogP contribution in [0.5, 0.6) is 0 Å². The molecule has 3 atom stereocenters. The van der Waals surface area contributed by atoms with Gasteiger partial charge in [-0.15, -0.1) is 0 Å². The van der Waals surface area contributed by atoms with Crippen molar-refractivity contribution in [2.45, 2.75) is 65.7 Å². The lowest BCUT2D eigenvalue weighted by Gasteiger charge is -2.29. The molecule has 0 heterocycles. The van der Waals surface area contributed by atoms with Crippen LogP contribution in [0.25, 0.3) is 0 Å². The van der Waals surface area contributed by atoms with Crippen LogP contribution < -0.4 is 0 Å². The molecule has 2 fully saturated rings. The summed E-state index contributed by atoms with van der Waals surface area (Å²) in [6.07, 6.45) is 11.1. The Hall–Kier alpha value is -0.790. The van der Waals surface area contributed by atoms with Gasteiger partial charge >= 0.3 is 0 Å². The zero-order chi connectivity index (χ0) is 15.0. The minimum absolute atomic E-state index is 0.377. The highest BCUT2D eigenvalue weighted by Gasteiger charge is 2.55. The Labute approximate surface area is 130 Å². The molecule has 1 amide bonds. The number of rotatable bonds is 6. The average Bonchev–Trinajstić information content (AvgIpc) is 3.36. The van der Waals surface area contributed by atoms with E-state index in [-0.39, 0.29) is 0 Å². The summed E-state index contributed by atoms with van der Waals surface area (Å²) in [6.45, 7) is 8.92. The predicted octanol–water partition coefficient (Wildman–Crippen LogP) is 4.41. The highest BCUT2D eigenvalue weighted by Crippen LogP contribution is 2.61. The van der Waals surface area contributed by atoms with Crippen molar-refractivity contribution in [3.05, 3.63) is 11.6 Å². The summed E-state index contributed by atoms with van der Waals surface area (Å²) in [5.41, 5.74) is 2.08. The molecule has 0 N–H and O–H groups in total. The van der Waals surface area contributed by atoms with Crippen molar-refractivity contribution >= 4 is 5.91 Å². The number of hydrogen-bond donors (Lipinski definition) is 0. The van der Waals surface area contributed by atoms with E-state index < -0.39 is 0 Å². The molecule has 3 aliphatic rings. The quantitative estimate of drug-likeness (QED) is 0.663. The Morgan fingerprint density at radius 2 is 2.14 bits per heavy atom. The van der Waals surface area contributed by atoms with Crippen molar-refractivity contribution in [3.63, 3.8) is 0 Å². The molecule has 0 aromatic heterocycles. The maximum absolute atomic E-state index is 12.4. The van der Waals surface area contributed by atoms with E-state index >= 15 is 0 Å². The minimum Gasteiger partial charge on any atom is -0.342 e. The lowest BCUT2D eigenvalue weighted by atomic mass is 9.78. The van der Waals surface area contributed by atoms with E-state index in [1.54, 1.807) is 5.57 Å². The topological polar surface area (TPSA) is 20.3 Å². The smallest absolute Gasteiger partial charge is 0.225 e. The fraction of sp³-hybridized carbons (Fsp3) is 0.842. The number of amides is 1. The zero-order valence-corrected chi connectivity index (χ0v) is 14.0. The Morgan fingerprint density at radius 3 is 2.71 bits per heavy atom. The van der Waals surface area contributed by atoms with E-state index in [1.165, 1.54) is 25.7 Å². The van der Waals surface area contributed by atoms with E-state index in [1.807, 2.05) is 0 Å². The highest BCUT2D eigenvalue weighted by atomic mass is 16.2. The van der Waals surface area contributed by atoms with Crippen LogP contribution in [0.2, 0.25) is 0 Å². The molecule has 2 saturated carbocycles. The summed E-state index contributed by atoms with van der Waals surface area (Å²) in [4.78, 5) is 14.6. The third kappa shape index (κ3) is 3.19. The summed E-state index contributed by atoms with van der Waals surface area (Å²) in [7, 11) is 0. The van der Waals surface area contributed by atoms with Gasteiger partial charge in [0.2, 0.25) is 5.91 Å². The first-order valence-electron chi connectivity index (χ1n) is 8.99. The van der Waals surface area contributed by atoms with Crippen LogP contribution in [0.3, 0.4) is 0 Å². The van der Waals surface area contributed by atoms with Gasteiger partial charge in [-0.1, -0.05) is 25.5 Å². The van der Waals surface area contributed by atoms with Crippen LogP contribution in [-0.4, -0.2) is 23.9 Å². The SMILES string of the molecule is CCCN(CC1CC1(C)C1CC=C(C)CC1)C(=O)C1CC1. The van der Waals surface area contributed by atoms with Gasteiger partial charge < -0.3 is 4.90 Å². The van der Waals surface area contributed by atoms with Crippen molar-refractivity contribution in [1.29, 1.82) is 0 Å². The molecule has 2 heteroatoms. The standard InChI is InChI=1S/C19H31NO/c1-4-11-20(18(21)15-7-8-15)13-17-12-19(17,3)16-9-5-14(2)6-10-16/h5,15-17H,4,6-13H2,1-3H3. The van der Waals surface area contributed by atoms with Gasteiger partial charge in [0.25, 0.3) is 0 Å². The van der Waals surface area contributed by atoms with Crippen molar-refractivity contribution in [2.75, 3.05) is 13.1 Å². The van der Waals surface area contributed by atoms with Crippen molar-refractivity contribution in [3.8, 4) is 0 Å². The molecule has 0 saturated heterocycles. The number of carbonyl (C=O) groups excluding carboxylic acids is 1. The fourth-order valence-corrected chi connectivity index (χ4v) is 4.23. The fourth-order valence-electron chi connectivity index (χ4n) is 4.23. The molecule has 118 valence electrons. The third-order valence-electron chi connectivity index (χ3n) is 6.20. The van der Waals surface area contributed by atoms with Crippen LogP contribution in [0.1, 0.15) is 65.7 Å². The number of carbonyl (C=O) groups is 1. The molecule has 2 nitrogen and oxygen atoms in total. The molecular weight excluding hydrogens is 258 g/mol. The summed E-state index contributed by atoms with van der Waals surface area (Å²) >= 11 is 0. The second-order valence-electron chi connectivity index (χ2n) is 7.99. The van der Waals surface area contributed by atoms with Gasteiger partial charge in [0.1, 0.15) is 0 Å². The Morgan fingerprint density at radius 1 is 1.38 bits per heavy atom. The lowest BCUT2D eigenvalue weighted by Crippen LogP contribution is -2.36. The maximum Gasteiger partial charge on any atom is 0.225 e. The summed E-state index contributed by atoms with van der Waals surface area (Å²) < 4.78 is 0. The Balaban J connectivity index is 1.56. The summed E-state index contributed by atoms with van der Waals surface area (Å²) in [6, 6.07) is 0. The van der Waals surface area contributed by atoms with Gasteiger partial charge in [-0.2, -0.15) is 0 Å². The van der Waals surface area contributed by atoms with E-state index in [4.69, 9.17) is 0 Å². The Bertz CT molecular complexity index is 437. The monoisotopic (exact) mass is 289 g/mol. The molecule has 0 aliphatic heterocycles. The summed E-state index contributed by atoms with van der Waals surface area (Å²) in [5.74, 6) is 2.43. The zero-order valence-electron chi connectivity index (χ0n) is 14.0. The van der Waals surface area contributed by atoms with Crippen LogP contribution in [-0.2, 0) is 4.79 Å². The van der Waals surface area contributed by atoms with Crippen molar-refractivity contribution < 1.29 is 4.79 Å². The van der Waals surface area contributed by atoms with Gasteiger partial charge in [0.05, 0.1) is 0 Å². The van der Waals surface area contributed by atoms with Gasteiger partial charge in [0.15, 0.2) is 0 Å². The van der Waals surface area contributed by atoms with Crippen molar-refractivity contribution in [2.24, 2.45) is 23.2 Å². The first-order valence-corrected chi connectivity index (χ1v) is 8.99. The lowest BCUT2D eigenvalue weighted by molar-refractivity contribution is -0.133. The van der Waals surface area contributed by atoms with Gasteiger partial charge in [-0.25, -0.2) is 0 Å². The van der Waals surface area contributed by atoms with E-state index in [0.29, 0.717) is 17.2 Å². The van der Waals surface area contributed by atoms with Crippen LogP contribution in [0, 0.1) is 23.2 Å². The molecule has 3 unspecified atom stereocenters. The maximum atomic E-state index is 12.4. The van der Waals surface area contributed by atoms with E-state index in [0.717, 1.165) is 44.2 Å². The number of allylic oxidation sites excluding steroid dienone is 2. The number of nitrogens with zero attached hydrogens (tertiary/aromatic N) is 1. The summed E-state index contributed by atoms with van der Waals surface area (Å²) in [5, 5.41) is 0. The molecule has 0 bridgehead atoms. The van der Waals surface area contributed by atoms with E-state index in [9.17, 15) is 4.79 Å². The molecule has 0 aromatic carbocycles. The molecule has 3 aliphatic carbocycles. The molecule has 0 radical (unpaired) electrons. The van der Waals surface area contributed by atoms with Crippen LogP contribution >= 0.6 is 0 Å². The van der Waals surface area contributed by atoms with Crippen LogP contribution in [0.15, 0.2) is 11.6 Å².